The Labute approximate surface area is 120 Å². The Hall–Kier alpha value is -1.09. The Morgan fingerprint density at radius 1 is 1.05 bits per heavy atom. The molecule has 0 aromatic heterocycles. The third-order valence-electron chi connectivity index (χ3n) is 4.18. The minimum absolute atomic E-state index is 0. The van der Waals surface area contributed by atoms with Crippen molar-refractivity contribution in [3.8, 4) is 0 Å². The summed E-state index contributed by atoms with van der Waals surface area (Å²) < 4.78 is 0. The molecule has 0 unspecified atom stereocenters. The lowest BCUT2D eigenvalue weighted by Gasteiger charge is -2.34. The van der Waals surface area contributed by atoms with Crippen molar-refractivity contribution in [1.82, 2.24) is 0 Å². The minimum atomic E-state index is -0.412. The second kappa shape index (κ2) is 5.91. The third kappa shape index (κ3) is 2.62. The molecule has 1 aliphatic rings. The van der Waals surface area contributed by atoms with Gasteiger partial charge in [0.2, 0.25) is 0 Å². The van der Waals surface area contributed by atoms with Gasteiger partial charge in [-0.3, -0.25) is 0 Å². The third-order valence-corrected chi connectivity index (χ3v) is 4.18. The van der Waals surface area contributed by atoms with Crippen LogP contribution in [0, 0.1) is 5.92 Å². The van der Waals surface area contributed by atoms with E-state index in [-0.39, 0.29) is 18.4 Å². The molecule has 2 aromatic carbocycles. The molecule has 2 nitrogen and oxygen atoms in total. The zero-order valence-electron chi connectivity index (χ0n) is 10.8. The van der Waals surface area contributed by atoms with Crippen LogP contribution in [0.25, 0.3) is 10.8 Å². The summed E-state index contributed by atoms with van der Waals surface area (Å²) >= 11 is 0. The van der Waals surface area contributed by atoms with Gasteiger partial charge >= 0.3 is 0 Å². The van der Waals surface area contributed by atoms with E-state index >= 15 is 0 Å². The largest absolute Gasteiger partial charge is 0.391 e. The first-order chi connectivity index (χ1) is 8.77. The quantitative estimate of drug-likeness (QED) is 0.903. The van der Waals surface area contributed by atoms with Crippen molar-refractivity contribution in [3.05, 3.63) is 48.0 Å². The molecule has 3 heteroatoms. The number of aliphatic hydroxyl groups excluding tert-OH is 1. The highest BCUT2D eigenvalue weighted by atomic mass is 35.5. The molecule has 0 spiro atoms. The molecule has 19 heavy (non-hydrogen) atoms. The number of rotatable bonds is 3. The molecule has 2 aromatic rings. The van der Waals surface area contributed by atoms with Crippen molar-refractivity contribution in [3.63, 3.8) is 0 Å². The molecule has 1 saturated carbocycles. The number of hydrogen-bond donors (Lipinski definition) is 2. The number of fused-ring (bicyclic) bond motifs is 1. The van der Waals surface area contributed by atoms with E-state index in [1.807, 2.05) is 24.3 Å². The molecule has 0 heterocycles. The lowest BCUT2D eigenvalue weighted by atomic mass is 9.77. The SMILES string of the molecule is Cl.N[C@H](c1cccc2ccccc12)[C@@H](O)C1CCC1. The summed E-state index contributed by atoms with van der Waals surface area (Å²) in [6, 6.07) is 14.1. The fourth-order valence-electron chi connectivity index (χ4n) is 2.80. The van der Waals surface area contributed by atoms with Crippen LogP contribution in [-0.2, 0) is 0 Å². The Morgan fingerprint density at radius 2 is 1.74 bits per heavy atom. The Kier molecular flexibility index (Phi) is 4.46. The summed E-state index contributed by atoms with van der Waals surface area (Å²) in [4.78, 5) is 0. The zero-order chi connectivity index (χ0) is 12.5. The van der Waals surface area contributed by atoms with Crippen molar-refractivity contribution in [2.24, 2.45) is 11.7 Å². The monoisotopic (exact) mass is 277 g/mol. The van der Waals surface area contributed by atoms with Crippen LogP contribution in [0.5, 0.6) is 0 Å². The van der Waals surface area contributed by atoms with Crippen molar-refractivity contribution in [1.29, 1.82) is 0 Å². The van der Waals surface area contributed by atoms with Gasteiger partial charge in [-0.05, 0) is 35.1 Å². The van der Waals surface area contributed by atoms with Crippen LogP contribution < -0.4 is 5.73 Å². The molecule has 1 fully saturated rings. The van der Waals surface area contributed by atoms with E-state index in [0.717, 1.165) is 23.8 Å². The van der Waals surface area contributed by atoms with E-state index in [1.54, 1.807) is 0 Å². The molecule has 3 N–H and O–H groups in total. The maximum atomic E-state index is 10.3. The van der Waals surface area contributed by atoms with E-state index in [9.17, 15) is 5.11 Å². The van der Waals surface area contributed by atoms with Gasteiger partial charge in [-0.15, -0.1) is 12.4 Å². The Morgan fingerprint density at radius 3 is 2.42 bits per heavy atom. The predicted molar refractivity (Wildman–Crippen MR) is 81.5 cm³/mol. The number of hydrogen-bond acceptors (Lipinski definition) is 2. The zero-order valence-corrected chi connectivity index (χ0v) is 11.6. The molecular weight excluding hydrogens is 258 g/mol. The Bertz CT molecular complexity index is 548. The lowest BCUT2D eigenvalue weighted by Crippen LogP contribution is -2.36. The molecule has 0 aliphatic heterocycles. The van der Waals surface area contributed by atoms with Gasteiger partial charge in [0, 0.05) is 0 Å². The second-order valence-corrected chi connectivity index (χ2v) is 5.28. The minimum Gasteiger partial charge on any atom is -0.391 e. The van der Waals surface area contributed by atoms with Gasteiger partial charge < -0.3 is 10.8 Å². The van der Waals surface area contributed by atoms with Gasteiger partial charge in [0.1, 0.15) is 0 Å². The molecule has 0 amide bonds. The molecule has 1 aliphatic carbocycles. The van der Waals surface area contributed by atoms with Crippen molar-refractivity contribution >= 4 is 23.2 Å². The highest BCUT2D eigenvalue weighted by molar-refractivity contribution is 5.86. The smallest absolute Gasteiger partial charge is 0.0761 e. The van der Waals surface area contributed by atoms with Crippen LogP contribution in [0.15, 0.2) is 42.5 Å². The number of aliphatic hydroxyl groups is 1. The fourth-order valence-corrected chi connectivity index (χ4v) is 2.80. The van der Waals surface area contributed by atoms with E-state index in [0.29, 0.717) is 5.92 Å². The maximum Gasteiger partial charge on any atom is 0.0761 e. The molecule has 2 atom stereocenters. The topological polar surface area (TPSA) is 46.2 Å². The molecule has 0 radical (unpaired) electrons. The Balaban J connectivity index is 0.00000133. The maximum absolute atomic E-state index is 10.3. The summed E-state index contributed by atoms with van der Waals surface area (Å²) in [7, 11) is 0. The van der Waals surface area contributed by atoms with E-state index < -0.39 is 6.10 Å². The summed E-state index contributed by atoms with van der Waals surface area (Å²) in [5, 5.41) is 12.7. The number of benzene rings is 2. The average Bonchev–Trinajstić information content (AvgIpc) is 2.35. The van der Waals surface area contributed by atoms with E-state index in [2.05, 4.69) is 18.2 Å². The van der Waals surface area contributed by atoms with E-state index in [1.165, 1.54) is 11.8 Å². The molecule has 0 saturated heterocycles. The van der Waals surface area contributed by atoms with Gasteiger partial charge in [-0.25, -0.2) is 0 Å². The summed E-state index contributed by atoms with van der Waals surface area (Å²) in [5.41, 5.74) is 7.33. The van der Waals surface area contributed by atoms with Crippen LogP contribution in [-0.4, -0.2) is 11.2 Å². The summed E-state index contributed by atoms with van der Waals surface area (Å²) in [6.07, 6.45) is 3.04. The van der Waals surface area contributed by atoms with Crippen LogP contribution in [0.1, 0.15) is 30.9 Å². The van der Waals surface area contributed by atoms with Crippen LogP contribution >= 0.6 is 12.4 Å². The standard InChI is InChI=1S/C16H19NO.ClH/c17-15(16(18)12-7-3-8-12)14-10-4-6-11-5-1-2-9-13(11)14;/h1-2,4-6,9-10,12,15-16,18H,3,7-8,17H2;1H/t15-,16+;/m1./s1. The fraction of sp³-hybridized carbons (Fsp3) is 0.375. The van der Waals surface area contributed by atoms with Gasteiger partial charge in [0.15, 0.2) is 0 Å². The first kappa shape index (κ1) is 14.3. The van der Waals surface area contributed by atoms with Gasteiger partial charge in [-0.1, -0.05) is 48.9 Å². The van der Waals surface area contributed by atoms with Crippen molar-refractivity contribution < 1.29 is 5.11 Å². The van der Waals surface area contributed by atoms with Gasteiger partial charge in [-0.2, -0.15) is 0 Å². The van der Waals surface area contributed by atoms with Gasteiger partial charge in [0.05, 0.1) is 12.1 Å². The van der Waals surface area contributed by atoms with Crippen molar-refractivity contribution in [2.45, 2.75) is 31.4 Å². The molecule has 3 rings (SSSR count). The average molecular weight is 278 g/mol. The molecule has 0 bridgehead atoms. The van der Waals surface area contributed by atoms with Crippen LogP contribution in [0.4, 0.5) is 0 Å². The van der Waals surface area contributed by atoms with Crippen LogP contribution in [0.2, 0.25) is 0 Å². The van der Waals surface area contributed by atoms with Crippen molar-refractivity contribution in [2.75, 3.05) is 0 Å². The molecular formula is C16H20ClNO. The number of halogens is 1. The summed E-state index contributed by atoms with van der Waals surface area (Å²) in [5.74, 6) is 0.388. The highest BCUT2D eigenvalue weighted by Gasteiger charge is 2.31. The number of nitrogens with two attached hydrogens (primary N) is 1. The second-order valence-electron chi connectivity index (χ2n) is 5.28. The molecule has 102 valence electrons. The van der Waals surface area contributed by atoms with Gasteiger partial charge in [0.25, 0.3) is 0 Å². The van der Waals surface area contributed by atoms with E-state index in [4.69, 9.17) is 5.73 Å². The first-order valence-corrected chi connectivity index (χ1v) is 6.68. The predicted octanol–water partition coefficient (Wildman–Crippen LogP) is 3.42. The summed E-state index contributed by atoms with van der Waals surface area (Å²) in [6.45, 7) is 0. The highest BCUT2D eigenvalue weighted by Crippen LogP contribution is 2.35. The normalized spacial score (nSPS) is 18.4. The van der Waals surface area contributed by atoms with Crippen LogP contribution in [0.3, 0.4) is 0 Å². The first-order valence-electron chi connectivity index (χ1n) is 6.68. The lowest BCUT2D eigenvalue weighted by molar-refractivity contribution is 0.0417.